The van der Waals surface area contributed by atoms with Crippen LogP contribution in [0.1, 0.15) is 22.7 Å². The van der Waals surface area contributed by atoms with Gasteiger partial charge in [-0.3, -0.25) is 10.1 Å². The number of rotatable bonds is 11. The van der Waals surface area contributed by atoms with E-state index < -0.39 is 6.04 Å². The molecule has 1 amide bonds. The lowest BCUT2D eigenvalue weighted by atomic mass is 10.0. The Morgan fingerprint density at radius 1 is 0.970 bits per heavy atom. The first-order valence-corrected chi connectivity index (χ1v) is 10.7. The van der Waals surface area contributed by atoms with Crippen LogP contribution in [0, 0.1) is 0 Å². The lowest BCUT2D eigenvalue weighted by Gasteiger charge is -2.20. The average molecular weight is 447 g/mol. The number of anilines is 1. The van der Waals surface area contributed by atoms with Crippen LogP contribution >= 0.6 is 0 Å². The van der Waals surface area contributed by atoms with Crippen LogP contribution in [-0.2, 0) is 17.8 Å². The number of amides is 1. The molecule has 3 rings (SSSR count). The van der Waals surface area contributed by atoms with Crippen molar-refractivity contribution in [3.8, 4) is 17.2 Å². The molecule has 172 valence electrons. The molecule has 0 fully saturated rings. The van der Waals surface area contributed by atoms with Crippen molar-refractivity contribution >= 4 is 11.6 Å². The molecule has 0 heterocycles. The third-order valence-electron chi connectivity index (χ3n) is 5.24. The van der Waals surface area contributed by atoms with Crippen LogP contribution in [0.4, 0.5) is 5.69 Å². The van der Waals surface area contributed by atoms with Crippen LogP contribution in [0.5, 0.6) is 17.2 Å². The van der Waals surface area contributed by atoms with Crippen molar-refractivity contribution in [3.63, 3.8) is 0 Å². The van der Waals surface area contributed by atoms with Gasteiger partial charge in [-0.1, -0.05) is 42.5 Å². The van der Waals surface area contributed by atoms with Gasteiger partial charge in [0.2, 0.25) is 5.91 Å². The zero-order valence-electron chi connectivity index (χ0n) is 19.3. The van der Waals surface area contributed by atoms with Gasteiger partial charge in [-0.15, -0.1) is 6.58 Å². The van der Waals surface area contributed by atoms with E-state index in [4.69, 9.17) is 14.2 Å². The molecule has 0 saturated heterocycles. The summed E-state index contributed by atoms with van der Waals surface area (Å²) in [6, 6.07) is 20.3. The average Bonchev–Trinajstić information content (AvgIpc) is 2.85. The van der Waals surface area contributed by atoms with Crippen molar-refractivity contribution in [1.82, 2.24) is 5.32 Å². The molecule has 2 N–H and O–H groups in total. The number of carbonyl (C=O) groups is 1. The Kier molecular flexibility index (Phi) is 8.49. The summed E-state index contributed by atoms with van der Waals surface area (Å²) in [5, 5.41) is 6.38. The van der Waals surface area contributed by atoms with Gasteiger partial charge >= 0.3 is 0 Å². The van der Waals surface area contributed by atoms with Gasteiger partial charge in [-0.25, -0.2) is 0 Å². The molecule has 0 radical (unpaired) electrons. The molecule has 0 aliphatic carbocycles. The molecule has 0 aliphatic rings. The van der Waals surface area contributed by atoms with E-state index in [1.54, 1.807) is 21.3 Å². The van der Waals surface area contributed by atoms with Crippen LogP contribution in [0.2, 0.25) is 0 Å². The quantitative estimate of drug-likeness (QED) is 0.410. The number of methoxy groups -OCH3 is 3. The lowest BCUT2D eigenvalue weighted by Crippen LogP contribution is -2.32. The third kappa shape index (κ3) is 6.14. The highest BCUT2D eigenvalue weighted by molar-refractivity contribution is 5.95. The molecule has 0 aromatic heterocycles. The summed E-state index contributed by atoms with van der Waals surface area (Å²) < 4.78 is 16.2. The van der Waals surface area contributed by atoms with Crippen LogP contribution in [-0.4, -0.2) is 27.2 Å². The molecular formula is C27H30N2O4. The second-order valence-corrected chi connectivity index (χ2v) is 7.43. The van der Waals surface area contributed by atoms with E-state index in [0.717, 1.165) is 22.4 Å². The first-order valence-electron chi connectivity index (χ1n) is 10.7. The smallest absolute Gasteiger partial charge is 0.246 e. The van der Waals surface area contributed by atoms with Gasteiger partial charge < -0.3 is 19.5 Å². The minimum absolute atomic E-state index is 0.154. The second kappa shape index (κ2) is 11.7. The Morgan fingerprint density at radius 2 is 1.70 bits per heavy atom. The Labute approximate surface area is 195 Å². The van der Waals surface area contributed by atoms with Crippen LogP contribution in [0.3, 0.4) is 0 Å². The normalized spacial score (nSPS) is 11.4. The molecule has 6 nitrogen and oxygen atoms in total. The van der Waals surface area contributed by atoms with Crippen molar-refractivity contribution < 1.29 is 19.0 Å². The molecule has 0 saturated carbocycles. The van der Waals surface area contributed by atoms with Crippen molar-refractivity contribution in [2.24, 2.45) is 0 Å². The summed E-state index contributed by atoms with van der Waals surface area (Å²) >= 11 is 0. The molecule has 3 aromatic carbocycles. The number of hydrogen-bond donors (Lipinski definition) is 2. The standard InChI is InChI=1S/C27H30N2O4/c1-5-9-21-16-19(17-24(32-3)26(21)33-4)18-28-25(20-10-7-6-8-11-20)27(30)29-22-12-14-23(31-2)15-13-22/h5-8,10-17,25,28H,1,9,18H2,2-4H3,(H,29,30). The number of carbonyl (C=O) groups excluding carboxylic acids is 1. The van der Waals surface area contributed by atoms with E-state index in [1.807, 2.05) is 72.8 Å². The van der Waals surface area contributed by atoms with E-state index in [-0.39, 0.29) is 5.91 Å². The number of allylic oxidation sites excluding steroid dienone is 1. The molecule has 33 heavy (non-hydrogen) atoms. The van der Waals surface area contributed by atoms with E-state index in [9.17, 15) is 4.79 Å². The lowest BCUT2D eigenvalue weighted by molar-refractivity contribution is -0.118. The maximum atomic E-state index is 13.2. The maximum absolute atomic E-state index is 13.2. The third-order valence-corrected chi connectivity index (χ3v) is 5.24. The summed E-state index contributed by atoms with van der Waals surface area (Å²) in [4.78, 5) is 13.2. The molecule has 1 atom stereocenters. The topological polar surface area (TPSA) is 68.8 Å². The summed E-state index contributed by atoms with van der Waals surface area (Å²) in [6.07, 6.45) is 2.47. The van der Waals surface area contributed by atoms with Gasteiger partial charge in [0.15, 0.2) is 11.5 Å². The zero-order chi connectivity index (χ0) is 23.6. The minimum atomic E-state index is -0.552. The number of hydrogen-bond acceptors (Lipinski definition) is 5. The SMILES string of the molecule is C=CCc1cc(CNC(C(=O)Nc2ccc(OC)cc2)c2ccccc2)cc(OC)c1OC. The molecule has 0 spiro atoms. The summed E-state index contributed by atoms with van der Waals surface area (Å²) in [6.45, 7) is 4.29. The Balaban J connectivity index is 1.83. The van der Waals surface area contributed by atoms with Crippen molar-refractivity contribution in [2.75, 3.05) is 26.6 Å². The van der Waals surface area contributed by atoms with E-state index in [1.165, 1.54) is 0 Å². The number of nitrogens with one attached hydrogen (secondary N) is 2. The number of benzene rings is 3. The molecule has 6 heteroatoms. The number of ether oxygens (including phenoxy) is 3. The Morgan fingerprint density at radius 3 is 2.30 bits per heavy atom. The first kappa shape index (κ1) is 23.9. The highest BCUT2D eigenvalue weighted by Gasteiger charge is 2.21. The molecule has 1 unspecified atom stereocenters. The van der Waals surface area contributed by atoms with Crippen molar-refractivity contribution in [1.29, 1.82) is 0 Å². The fourth-order valence-electron chi connectivity index (χ4n) is 3.63. The van der Waals surface area contributed by atoms with E-state index in [2.05, 4.69) is 17.2 Å². The highest BCUT2D eigenvalue weighted by Crippen LogP contribution is 2.33. The zero-order valence-corrected chi connectivity index (χ0v) is 19.3. The van der Waals surface area contributed by atoms with Gasteiger partial charge in [-0.2, -0.15) is 0 Å². The van der Waals surface area contributed by atoms with Gasteiger partial charge in [0.1, 0.15) is 11.8 Å². The minimum Gasteiger partial charge on any atom is -0.497 e. The fourth-order valence-corrected chi connectivity index (χ4v) is 3.63. The summed E-state index contributed by atoms with van der Waals surface area (Å²) in [7, 11) is 4.84. The fraction of sp³-hybridized carbons (Fsp3) is 0.222. The first-order chi connectivity index (χ1) is 16.1. The molecule has 3 aromatic rings. The second-order valence-electron chi connectivity index (χ2n) is 7.43. The van der Waals surface area contributed by atoms with Crippen LogP contribution in [0.15, 0.2) is 79.4 Å². The van der Waals surface area contributed by atoms with E-state index in [0.29, 0.717) is 30.2 Å². The highest BCUT2D eigenvalue weighted by atomic mass is 16.5. The van der Waals surface area contributed by atoms with Crippen LogP contribution in [0.25, 0.3) is 0 Å². The largest absolute Gasteiger partial charge is 0.497 e. The monoisotopic (exact) mass is 446 g/mol. The summed E-state index contributed by atoms with van der Waals surface area (Å²) in [5.74, 6) is 1.92. The van der Waals surface area contributed by atoms with Gasteiger partial charge in [0.05, 0.1) is 21.3 Å². The van der Waals surface area contributed by atoms with Gasteiger partial charge in [0, 0.05) is 17.8 Å². The molecule has 0 bridgehead atoms. The predicted octanol–water partition coefficient (Wildman–Crippen LogP) is 4.91. The van der Waals surface area contributed by atoms with E-state index >= 15 is 0 Å². The predicted molar refractivity (Wildman–Crippen MR) is 131 cm³/mol. The van der Waals surface area contributed by atoms with Crippen molar-refractivity contribution in [2.45, 2.75) is 19.0 Å². The Bertz CT molecular complexity index is 1070. The van der Waals surface area contributed by atoms with Gasteiger partial charge in [0.25, 0.3) is 0 Å². The molecular weight excluding hydrogens is 416 g/mol. The Hall–Kier alpha value is -3.77. The van der Waals surface area contributed by atoms with Crippen LogP contribution < -0.4 is 24.8 Å². The molecule has 0 aliphatic heterocycles. The maximum Gasteiger partial charge on any atom is 0.246 e. The van der Waals surface area contributed by atoms with Crippen molar-refractivity contribution in [3.05, 3.63) is 96.1 Å². The summed E-state index contributed by atoms with van der Waals surface area (Å²) in [5.41, 5.74) is 3.52. The van der Waals surface area contributed by atoms with Gasteiger partial charge in [-0.05, 0) is 47.9 Å².